The first-order valence-corrected chi connectivity index (χ1v) is 4.92. The van der Waals surface area contributed by atoms with Crippen molar-refractivity contribution in [3.05, 3.63) is 59.2 Å². The molecule has 0 saturated heterocycles. The van der Waals surface area contributed by atoms with Crippen LogP contribution in [-0.2, 0) is 0 Å². The van der Waals surface area contributed by atoms with Crippen LogP contribution in [0.5, 0.6) is 0 Å². The molecular weight excluding hydrogens is 248 g/mol. The fourth-order valence-electron chi connectivity index (χ4n) is 1.61. The molecule has 2 aromatic carbocycles. The van der Waals surface area contributed by atoms with Gasteiger partial charge in [0.1, 0.15) is 23.3 Å². The van der Waals surface area contributed by atoms with Gasteiger partial charge in [0.2, 0.25) is 0 Å². The first-order chi connectivity index (χ1) is 8.52. The lowest BCUT2D eigenvalue weighted by molar-refractivity contribution is 0.112. The van der Waals surface area contributed by atoms with E-state index in [4.69, 9.17) is 0 Å². The van der Waals surface area contributed by atoms with Crippen molar-refractivity contribution in [2.24, 2.45) is 0 Å². The number of carbonyl (C=O) groups is 1. The molecule has 2 aromatic rings. The quantitative estimate of drug-likeness (QED) is 0.589. The van der Waals surface area contributed by atoms with Crippen LogP contribution in [0.2, 0.25) is 0 Å². The smallest absolute Gasteiger partial charge is 0.153 e. The summed E-state index contributed by atoms with van der Waals surface area (Å²) in [6, 6.07) is 4.06. The van der Waals surface area contributed by atoms with Gasteiger partial charge in [-0.1, -0.05) is 6.07 Å². The molecular formula is C13H6F4O. The standard InChI is InChI=1S/C13H6F4O/c14-9-4-11(16)13(12(17)5-9)7-1-2-10(15)8(3-7)6-18/h1-6H. The van der Waals surface area contributed by atoms with Crippen LogP contribution in [-0.4, -0.2) is 6.29 Å². The molecule has 0 atom stereocenters. The third-order valence-corrected chi connectivity index (χ3v) is 2.42. The highest BCUT2D eigenvalue weighted by molar-refractivity contribution is 5.79. The van der Waals surface area contributed by atoms with E-state index in [9.17, 15) is 22.4 Å². The van der Waals surface area contributed by atoms with Crippen LogP contribution in [0.4, 0.5) is 17.6 Å². The van der Waals surface area contributed by atoms with Crippen molar-refractivity contribution in [2.45, 2.75) is 0 Å². The summed E-state index contributed by atoms with van der Waals surface area (Å²) in [5, 5.41) is 0. The molecule has 0 fully saturated rings. The maximum atomic E-state index is 13.5. The number of carbonyl (C=O) groups excluding carboxylic acids is 1. The zero-order valence-electron chi connectivity index (χ0n) is 8.88. The van der Waals surface area contributed by atoms with E-state index in [-0.39, 0.29) is 17.4 Å². The molecule has 0 N–H and O–H groups in total. The summed E-state index contributed by atoms with van der Waals surface area (Å²) in [6.45, 7) is 0. The summed E-state index contributed by atoms with van der Waals surface area (Å²) in [6.07, 6.45) is 0.234. The topological polar surface area (TPSA) is 17.1 Å². The Balaban J connectivity index is 2.66. The summed E-state index contributed by atoms with van der Waals surface area (Å²) in [5.41, 5.74) is -0.858. The van der Waals surface area contributed by atoms with Crippen LogP contribution < -0.4 is 0 Å². The second-order valence-corrected chi connectivity index (χ2v) is 3.60. The van der Waals surface area contributed by atoms with Gasteiger partial charge in [0.15, 0.2) is 6.29 Å². The van der Waals surface area contributed by atoms with Crippen LogP contribution >= 0.6 is 0 Å². The van der Waals surface area contributed by atoms with Crippen LogP contribution in [0.1, 0.15) is 10.4 Å². The third-order valence-electron chi connectivity index (χ3n) is 2.42. The number of benzene rings is 2. The number of aldehydes is 1. The highest BCUT2D eigenvalue weighted by atomic mass is 19.1. The molecule has 1 nitrogen and oxygen atoms in total. The van der Waals surface area contributed by atoms with Crippen molar-refractivity contribution in [3.8, 4) is 11.1 Å². The molecule has 0 aliphatic heterocycles. The Hall–Kier alpha value is -2.17. The van der Waals surface area contributed by atoms with Gasteiger partial charge in [0.25, 0.3) is 0 Å². The molecule has 0 aliphatic rings. The number of rotatable bonds is 2. The minimum absolute atomic E-state index is 0.0338. The van der Waals surface area contributed by atoms with Gasteiger partial charge in [-0.25, -0.2) is 17.6 Å². The first-order valence-electron chi connectivity index (χ1n) is 4.92. The molecule has 0 aliphatic carbocycles. The predicted octanol–water partition coefficient (Wildman–Crippen LogP) is 3.72. The molecule has 5 heteroatoms. The van der Waals surface area contributed by atoms with Crippen molar-refractivity contribution in [3.63, 3.8) is 0 Å². The Kier molecular flexibility index (Phi) is 3.14. The summed E-state index contributed by atoms with van der Waals surface area (Å²) < 4.78 is 52.8. The lowest BCUT2D eigenvalue weighted by atomic mass is 10.0. The van der Waals surface area contributed by atoms with Gasteiger partial charge >= 0.3 is 0 Å². The van der Waals surface area contributed by atoms with Crippen LogP contribution in [0.15, 0.2) is 30.3 Å². The van der Waals surface area contributed by atoms with E-state index < -0.39 is 28.8 Å². The van der Waals surface area contributed by atoms with Crippen LogP contribution in [0.25, 0.3) is 11.1 Å². The van der Waals surface area contributed by atoms with Crippen LogP contribution in [0, 0.1) is 23.3 Å². The van der Waals surface area contributed by atoms with E-state index in [0.717, 1.165) is 18.2 Å². The second kappa shape index (κ2) is 4.60. The van der Waals surface area contributed by atoms with E-state index in [1.807, 2.05) is 0 Å². The number of hydrogen-bond donors (Lipinski definition) is 0. The van der Waals surface area contributed by atoms with Gasteiger partial charge in [-0.2, -0.15) is 0 Å². The largest absolute Gasteiger partial charge is 0.298 e. The highest BCUT2D eigenvalue weighted by Gasteiger charge is 2.15. The zero-order chi connectivity index (χ0) is 13.3. The lowest BCUT2D eigenvalue weighted by Crippen LogP contribution is -1.95. The van der Waals surface area contributed by atoms with Gasteiger partial charge < -0.3 is 0 Å². The van der Waals surface area contributed by atoms with Gasteiger partial charge in [0, 0.05) is 12.1 Å². The summed E-state index contributed by atoms with van der Waals surface area (Å²) in [5.74, 6) is -4.07. The molecule has 92 valence electrons. The van der Waals surface area contributed by atoms with Crippen molar-refractivity contribution >= 4 is 6.29 Å². The molecule has 2 rings (SSSR count). The Morgan fingerprint density at radius 3 is 2.00 bits per heavy atom. The minimum Gasteiger partial charge on any atom is -0.298 e. The van der Waals surface area contributed by atoms with Gasteiger partial charge in [0.05, 0.1) is 11.1 Å². The van der Waals surface area contributed by atoms with Crippen LogP contribution in [0.3, 0.4) is 0 Å². The van der Waals surface area contributed by atoms with Gasteiger partial charge in [-0.3, -0.25) is 4.79 Å². The average Bonchev–Trinajstić information content (AvgIpc) is 2.30. The third kappa shape index (κ3) is 2.11. The molecule has 0 amide bonds. The Morgan fingerprint density at radius 2 is 1.44 bits per heavy atom. The van der Waals surface area contributed by atoms with Crippen molar-refractivity contribution in [2.75, 3.05) is 0 Å². The zero-order valence-corrected chi connectivity index (χ0v) is 8.88. The monoisotopic (exact) mass is 254 g/mol. The molecule has 0 heterocycles. The van der Waals surface area contributed by atoms with E-state index in [1.165, 1.54) is 0 Å². The van der Waals surface area contributed by atoms with Crippen molar-refractivity contribution in [1.82, 2.24) is 0 Å². The second-order valence-electron chi connectivity index (χ2n) is 3.60. The molecule has 0 bridgehead atoms. The minimum atomic E-state index is -1.11. The SMILES string of the molecule is O=Cc1cc(-c2c(F)cc(F)cc2F)ccc1F. The lowest BCUT2D eigenvalue weighted by Gasteiger charge is -2.06. The molecule has 0 radical (unpaired) electrons. The molecule has 0 unspecified atom stereocenters. The highest BCUT2D eigenvalue weighted by Crippen LogP contribution is 2.28. The average molecular weight is 254 g/mol. The molecule has 0 aromatic heterocycles. The summed E-state index contributed by atoms with van der Waals surface area (Å²) >= 11 is 0. The number of halogens is 4. The summed E-state index contributed by atoms with van der Waals surface area (Å²) in [4.78, 5) is 10.5. The molecule has 0 saturated carbocycles. The fourth-order valence-corrected chi connectivity index (χ4v) is 1.61. The first kappa shape index (κ1) is 12.3. The van der Waals surface area contributed by atoms with Gasteiger partial charge in [-0.05, 0) is 17.7 Å². The Bertz CT molecular complexity index is 599. The summed E-state index contributed by atoms with van der Waals surface area (Å²) in [7, 11) is 0. The van der Waals surface area contributed by atoms with Gasteiger partial charge in [-0.15, -0.1) is 0 Å². The number of hydrogen-bond acceptors (Lipinski definition) is 1. The Morgan fingerprint density at radius 1 is 0.833 bits per heavy atom. The maximum Gasteiger partial charge on any atom is 0.153 e. The van der Waals surface area contributed by atoms with Crippen molar-refractivity contribution in [1.29, 1.82) is 0 Å². The Labute approximate surface area is 99.7 Å². The molecule has 18 heavy (non-hydrogen) atoms. The van der Waals surface area contributed by atoms with E-state index in [0.29, 0.717) is 12.1 Å². The van der Waals surface area contributed by atoms with E-state index in [2.05, 4.69) is 0 Å². The van der Waals surface area contributed by atoms with E-state index >= 15 is 0 Å². The maximum absolute atomic E-state index is 13.5. The normalized spacial score (nSPS) is 10.4. The predicted molar refractivity (Wildman–Crippen MR) is 57.1 cm³/mol. The van der Waals surface area contributed by atoms with E-state index in [1.54, 1.807) is 0 Å². The molecule has 0 spiro atoms. The van der Waals surface area contributed by atoms with Crippen molar-refractivity contribution < 1.29 is 22.4 Å². The fraction of sp³-hybridized carbons (Fsp3) is 0.